The lowest BCUT2D eigenvalue weighted by Crippen LogP contribution is -2.31. The van der Waals surface area contributed by atoms with Gasteiger partial charge >= 0.3 is 0 Å². The van der Waals surface area contributed by atoms with E-state index in [1.54, 1.807) is 4.90 Å². The molecular formula is C20H22FN5O2S. The third kappa shape index (κ3) is 5.71. The number of carbonyl (C=O) groups is 1. The Labute approximate surface area is 172 Å². The van der Waals surface area contributed by atoms with E-state index in [1.165, 1.54) is 40.7 Å². The summed E-state index contributed by atoms with van der Waals surface area (Å²) in [6.07, 6.45) is 0. The van der Waals surface area contributed by atoms with E-state index in [0.29, 0.717) is 29.8 Å². The summed E-state index contributed by atoms with van der Waals surface area (Å²) in [5, 5.41) is 8.45. The molecule has 0 fully saturated rings. The van der Waals surface area contributed by atoms with Crippen LogP contribution in [0.2, 0.25) is 0 Å². The SMILES string of the molecule is CCN(Cc1ccccc1)C(=O)CSc1nnc(COc2ccc(F)cc2)n1N. The summed E-state index contributed by atoms with van der Waals surface area (Å²) < 4.78 is 19.8. The van der Waals surface area contributed by atoms with Crippen LogP contribution in [0.4, 0.5) is 4.39 Å². The highest BCUT2D eigenvalue weighted by Gasteiger charge is 2.16. The van der Waals surface area contributed by atoms with E-state index in [9.17, 15) is 9.18 Å². The minimum atomic E-state index is -0.337. The van der Waals surface area contributed by atoms with Crippen molar-refractivity contribution in [2.75, 3.05) is 18.1 Å². The number of nitrogens with zero attached hydrogens (tertiary/aromatic N) is 4. The first-order valence-corrected chi connectivity index (χ1v) is 10.1. The Balaban J connectivity index is 1.53. The molecule has 0 radical (unpaired) electrons. The van der Waals surface area contributed by atoms with E-state index in [-0.39, 0.29) is 24.1 Å². The maximum atomic E-state index is 12.9. The first-order chi connectivity index (χ1) is 14.1. The van der Waals surface area contributed by atoms with Gasteiger partial charge in [-0.2, -0.15) is 0 Å². The van der Waals surface area contributed by atoms with Crippen molar-refractivity contribution in [1.29, 1.82) is 0 Å². The zero-order valence-electron chi connectivity index (χ0n) is 16.0. The molecule has 0 spiro atoms. The molecule has 3 rings (SSSR count). The Morgan fingerprint density at radius 3 is 2.59 bits per heavy atom. The first kappa shape index (κ1) is 20.7. The maximum Gasteiger partial charge on any atom is 0.233 e. The highest BCUT2D eigenvalue weighted by molar-refractivity contribution is 7.99. The van der Waals surface area contributed by atoms with Crippen LogP contribution in [0, 0.1) is 5.82 Å². The molecule has 1 aromatic heterocycles. The molecule has 152 valence electrons. The molecule has 9 heteroatoms. The van der Waals surface area contributed by atoms with Crippen LogP contribution in [0.5, 0.6) is 5.75 Å². The molecule has 1 heterocycles. The molecule has 2 N–H and O–H groups in total. The fourth-order valence-electron chi connectivity index (χ4n) is 2.58. The molecule has 0 aliphatic rings. The summed E-state index contributed by atoms with van der Waals surface area (Å²) in [4.78, 5) is 14.3. The lowest BCUT2D eigenvalue weighted by atomic mass is 10.2. The number of nitrogens with two attached hydrogens (primary N) is 1. The summed E-state index contributed by atoms with van der Waals surface area (Å²) in [7, 11) is 0. The topological polar surface area (TPSA) is 86.3 Å². The van der Waals surface area contributed by atoms with Crippen molar-refractivity contribution in [2.45, 2.75) is 25.2 Å². The molecule has 0 atom stereocenters. The average Bonchev–Trinajstić information content (AvgIpc) is 3.10. The van der Waals surface area contributed by atoms with E-state index in [4.69, 9.17) is 10.6 Å². The molecule has 0 saturated heterocycles. The van der Waals surface area contributed by atoms with Gasteiger partial charge in [0.2, 0.25) is 11.1 Å². The normalized spacial score (nSPS) is 10.7. The molecule has 0 aliphatic carbocycles. The second-order valence-electron chi connectivity index (χ2n) is 6.19. The van der Waals surface area contributed by atoms with Crippen molar-refractivity contribution in [3.8, 4) is 5.75 Å². The Hall–Kier alpha value is -3.07. The van der Waals surface area contributed by atoms with Crippen molar-refractivity contribution >= 4 is 17.7 Å². The fraction of sp³-hybridized carbons (Fsp3) is 0.250. The van der Waals surface area contributed by atoms with Crippen LogP contribution in [0.1, 0.15) is 18.3 Å². The summed E-state index contributed by atoms with van der Waals surface area (Å²) >= 11 is 1.22. The second kappa shape index (κ2) is 9.92. The van der Waals surface area contributed by atoms with Crippen LogP contribution >= 0.6 is 11.8 Å². The van der Waals surface area contributed by atoms with Crippen molar-refractivity contribution in [2.24, 2.45) is 0 Å². The summed E-state index contributed by atoms with van der Waals surface area (Å²) in [6.45, 7) is 3.20. The monoisotopic (exact) mass is 415 g/mol. The van der Waals surface area contributed by atoms with Gasteiger partial charge in [0.05, 0.1) is 5.75 Å². The molecule has 0 aliphatic heterocycles. The zero-order chi connectivity index (χ0) is 20.6. The summed E-state index contributed by atoms with van der Waals surface area (Å²) in [5.74, 6) is 6.78. The Kier molecular flexibility index (Phi) is 7.07. The molecular weight excluding hydrogens is 393 g/mol. The van der Waals surface area contributed by atoms with E-state index in [2.05, 4.69) is 10.2 Å². The third-order valence-electron chi connectivity index (χ3n) is 4.19. The summed E-state index contributed by atoms with van der Waals surface area (Å²) in [5.41, 5.74) is 1.08. The number of hydrogen-bond acceptors (Lipinski definition) is 6. The van der Waals surface area contributed by atoms with E-state index in [0.717, 1.165) is 5.56 Å². The summed E-state index contributed by atoms with van der Waals surface area (Å²) in [6, 6.07) is 15.5. The standard InChI is InChI=1S/C20H22FN5O2S/c1-2-25(12-15-6-4-3-5-7-15)19(27)14-29-20-24-23-18(26(20)22)13-28-17-10-8-16(21)9-11-17/h3-11H,2,12-14,22H2,1H3. The van der Waals surface area contributed by atoms with Crippen LogP contribution in [-0.4, -0.2) is 38.0 Å². The van der Waals surface area contributed by atoms with Crippen molar-refractivity contribution in [3.63, 3.8) is 0 Å². The number of rotatable bonds is 9. The van der Waals surface area contributed by atoms with Crippen LogP contribution in [0.25, 0.3) is 0 Å². The first-order valence-electron chi connectivity index (χ1n) is 9.09. The number of thioether (sulfide) groups is 1. The van der Waals surface area contributed by atoms with E-state index < -0.39 is 0 Å². The van der Waals surface area contributed by atoms with Gasteiger partial charge in [-0.25, -0.2) is 9.07 Å². The average molecular weight is 415 g/mol. The molecule has 2 aromatic carbocycles. The van der Waals surface area contributed by atoms with Crippen LogP contribution in [0.3, 0.4) is 0 Å². The van der Waals surface area contributed by atoms with E-state index >= 15 is 0 Å². The van der Waals surface area contributed by atoms with Gasteiger partial charge in [0.25, 0.3) is 0 Å². The number of carbonyl (C=O) groups excluding carboxylic acids is 1. The molecule has 0 bridgehead atoms. The smallest absolute Gasteiger partial charge is 0.233 e. The lowest BCUT2D eigenvalue weighted by molar-refractivity contribution is -0.128. The Morgan fingerprint density at radius 1 is 1.17 bits per heavy atom. The number of hydrogen-bond donors (Lipinski definition) is 1. The van der Waals surface area contributed by atoms with Gasteiger partial charge in [-0.15, -0.1) is 10.2 Å². The number of amides is 1. The largest absolute Gasteiger partial charge is 0.486 e. The van der Waals surface area contributed by atoms with E-state index in [1.807, 2.05) is 37.3 Å². The van der Waals surface area contributed by atoms with Gasteiger partial charge in [-0.3, -0.25) is 4.79 Å². The number of benzene rings is 2. The highest BCUT2D eigenvalue weighted by atomic mass is 32.2. The maximum absolute atomic E-state index is 12.9. The van der Waals surface area contributed by atoms with Crippen LogP contribution < -0.4 is 10.6 Å². The van der Waals surface area contributed by atoms with Gasteiger partial charge in [0, 0.05) is 13.1 Å². The van der Waals surface area contributed by atoms with Gasteiger partial charge < -0.3 is 15.5 Å². The Bertz CT molecular complexity index is 934. The second-order valence-corrected chi connectivity index (χ2v) is 7.14. The minimum absolute atomic E-state index is 0.00605. The number of halogens is 1. The molecule has 1 amide bonds. The van der Waals surface area contributed by atoms with Gasteiger partial charge in [-0.1, -0.05) is 42.1 Å². The van der Waals surface area contributed by atoms with Gasteiger partial charge in [-0.05, 0) is 36.8 Å². The fourth-order valence-corrected chi connectivity index (χ4v) is 3.36. The van der Waals surface area contributed by atoms with Crippen LogP contribution in [0.15, 0.2) is 59.8 Å². The highest BCUT2D eigenvalue weighted by Crippen LogP contribution is 2.18. The zero-order valence-corrected chi connectivity index (χ0v) is 16.8. The minimum Gasteiger partial charge on any atom is -0.486 e. The van der Waals surface area contributed by atoms with Gasteiger partial charge in [0.1, 0.15) is 18.2 Å². The van der Waals surface area contributed by atoms with Gasteiger partial charge in [0.15, 0.2) is 5.82 Å². The molecule has 0 unspecified atom stereocenters. The molecule has 3 aromatic rings. The molecule has 29 heavy (non-hydrogen) atoms. The van der Waals surface area contributed by atoms with Crippen LogP contribution in [-0.2, 0) is 17.9 Å². The Morgan fingerprint density at radius 2 is 1.90 bits per heavy atom. The molecule has 0 saturated carbocycles. The predicted octanol–water partition coefficient (Wildman–Crippen LogP) is 2.85. The van der Waals surface area contributed by atoms with Crippen molar-refractivity contribution in [3.05, 3.63) is 71.8 Å². The number of aromatic nitrogens is 3. The number of nitrogen functional groups attached to an aromatic ring is 1. The third-order valence-corrected chi connectivity index (χ3v) is 5.12. The van der Waals surface area contributed by atoms with Crippen molar-refractivity contribution < 1.29 is 13.9 Å². The predicted molar refractivity (Wildman–Crippen MR) is 109 cm³/mol. The number of ether oxygens (including phenoxy) is 1. The molecule has 7 nitrogen and oxygen atoms in total. The quantitative estimate of drug-likeness (QED) is 0.427. The lowest BCUT2D eigenvalue weighted by Gasteiger charge is -2.20. The van der Waals surface area contributed by atoms with Crippen molar-refractivity contribution in [1.82, 2.24) is 19.8 Å².